The van der Waals surface area contributed by atoms with Crippen LogP contribution in [-0.4, -0.2) is 19.0 Å². The van der Waals surface area contributed by atoms with Crippen LogP contribution < -0.4 is 9.47 Å². The highest BCUT2D eigenvalue weighted by Crippen LogP contribution is 2.36. The van der Waals surface area contributed by atoms with Crippen molar-refractivity contribution < 1.29 is 14.3 Å². The van der Waals surface area contributed by atoms with E-state index in [0.717, 1.165) is 38.4 Å². The van der Waals surface area contributed by atoms with Gasteiger partial charge in [0.15, 0.2) is 0 Å². The third kappa shape index (κ3) is 3.41. The molecule has 4 aromatic carbocycles. The van der Waals surface area contributed by atoms with E-state index in [1.807, 2.05) is 54.6 Å². The molecule has 4 heteroatoms. The highest BCUT2D eigenvalue weighted by molar-refractivity contribution is 6.26. The third-order valence-corrected chi connectivity index (χ3v) is 5.12. The second-order valence-electron chi connectivity index (χ2n) is 6.52. The second-order valence-corrected chi connectivity index (χ2v) is 6.78. The Hall–Kier alpha value is -3.04. The van der Waals surface area contributed by atoms with Gasteiger partial charge in [-0.1, -0.05) is 60.7 Å². The summed E-state index contributed by atoms with van der Waals surface area (Å²) >= 11 is 5.66. The Balaban J connectivity index is 1.93. The standard InChI is InChI=1S/C24H19ClO3/c1-27-22-12-10-16-6-2-4-8-18(16)20(22)14-21-19-9-5-3-7-17(19)11-13-23(21)28-24(26)15-25/h2-13H,14-15H2,1H3. The molecule has 0 atom stereocenters. The fraction of sp³-hybridized carbons (Fsp3) is 0.125. The average molecular weight is 391 g/mol. The molecule has 3 nitrogen and oxygen atoms in total. The summed E-state index contributed by atoms with van der Waals surface area (Å²) in [5.41, 5.74) is 1.99. The molecule has 0 saturated carbocycles. The number of carbonyl (C=O) groups is 1. The van der Waals surface area contributed by atoms with E-state index in [0.29, 0.717) is 12.2 Å². The molecule has 0 aliphatic rings. The summed E-state index contributed by atoms with van der Waals surface area (Å²) < 4.78 is 11.2. The minimum absolute atomic E-state index is 0.191. The quantitative estimate of drug-likeness (QED) is 0.248. The summed E-state index contributed by atoms with van der Waals surface area (Å²) in [7, 11) is 1.67. The second kappa shape index (κ2) is 7.91. The lowest BCUT2D eigenvalue weighted by atomic mass is 9.93. The number of esters is 1. The molecule has 0 aliphatic heterocycles. The molecule has 0 unspecified atom stereocenters. The first-order chi connectivity index (χ1) is 13.7. The van der Waals surface area contributed by atoms with Crippen LogP contribution in [0.25, 0.3) is 21.5 Å². The minimum atomic E-state index is -0.469. The number of benzene rings is 4. The van der Waals surface area contributed by atoms with Crippen LogP contribution in [0.5, 0.6) is 11.5 Å². The van der Waals surface area contributed by atoms with E-state index in [2.05, 4.69) is 18.2 Å². The first-order valence-electron chi connectivity index (χ1n) is 9.03. The van der Waals surface area contributed by atoms with Crippen LogP contribution in [0.3, 0.4) is 0 Å². The van der Waals surface area contributed by atoms with E-state index in [4.69, 9.17) is 21.1 Å². The summed E-state index contributed by atoms with van der Waals surface area (Å²) in [6.45, 7) is 0. The zero-order valence-electron chi connectivity index (χ0n) is 15.4. The van der Waals surface area contributed by atoms with Crippen molar-refractivity contribution in [1.82, 2.24) is 0 Å². The molecule has 0 aliphatic carbocycles. The van der Waals surface area contributed by atoms with E-state index in [-0.39, 0.29) is 5.88 Å². The van der Waals surface area contributed by atoms with Crippen LogP contribution in [-0.2, 0) is 11.2 Å². The van der Waals surface area contributed by atoms with Gasteiger partial charge in [0.25, 0.3) is 0 Å². The third-order valence-electron chi connectivity index (χ3n) is 4.90. The number of hydrogen-bond donors (Lipinski definition) is 0. The van der Waals surface area contributed by atoms with E-state index in [1.165, 1.54) is 0 Å². The number of halogens is 1. The maximum Gasteiger partial charge on any atom is 0.326 e. The van der Waals surface area contributed by atoms with E-state index < -0.39 is 5.97 Å². The van der Waals surface area contributed by atoms with Crippen LogP contribution in [0.4, 0.5) is 0 Å². The number of carbonyl (C=O) groups excluding carboxylic acids is 1. The van der Waals surface area contributed by atoms with Crippen molar-refractivity contribution in [3.05, 3.63) is 83.9 Å². The summed E-state index contributed by atoms with van der Waals surface area (Å²) in [4.78, 5) is 11.9. The Morgan fingerprint density at radius 2 is 1.32 bits per heavy atom. The molecule has 0 N–H and O–H groups in total. The summed E-state index contributed by atoms with van der Waals surface area (Å²) in [6.07, 6.45) is 0.566. The molecule has 28 heavy (non-hydrogen) atoms. The molecule has 140 valence electrons. The lowest BCUT2D eigenvalue weighted by Crippen LogP contribution is -2.11. The van der Waals surface area contributed by atoms with Gasteiger partial charge in [-0.25, -0.2) is 0 Å². The van der Waals surface area contributed by atoms with Crippen molar-refractivity contribution in [2.45, 2.75) is 6.42 Å². The van der Waals surface area contributed by atoms with E-state index in [1.54, 1.807) is 7.11 Å². The van der Waals surface area contributed by atoms with Crippen molar-refractivity contribution in [3.63, 3.8) is 0 Å². The number of hydrogen-bond acceptors (Lipinski definition) is 3. The van der Waals surface area contributed by atoms with Crippen LogP contribution in [0, 0.1) is 0 Å². The number of fused-ring (bicyclic) bond motifs is 2. The van der Waals surface area contributed by atoms with Gasteiger partial charge in [0.05, 0.1) is 7.11 Å². The van der Waals surface area contributed by atoms with Crippen LogP contribution in [0.2, 0.25) is 0 Å². The lowest BCUT2D eigenvalue weighted by Gasteiger charge is -2.16. The average Bonchev–Trinajstić information content (AvgIpc) is 2.75. The van der Waals surface area contributed by atoms with Gasteiger partial charge < -0.3 is 9.47 Å². The maximum absolute atomic E-state index is 11.9. The van der Waals surface area contributed by atoms with Crippen molar-refractivity contribution in [2.24, 2.45) is 0 Å². The SMILES string of the molecule is COc1ccc2ccccc2c1Cc1c(OC(=O)CCl)ccc2ccccc12. The van der Waals surface area contributed by atoms with Crippen molar-refractivity contribution in [1.29, 1.82) is 0 Å². The molecule has 4 aromatic rings. The summed E-state index contributed by atoms with van der Waals surface area (Å²) in [6, 6.07) is 24.1. The monoisotopic (exact) mass is 390 g/mol. The minimum Gasteiger partial charge on any atom is -0.496 e. The van der Waals surface area contributed by atoms with Gasteiger partial charge in [-0.2, -0.15) is 0 Å². The van der Waals surface area contributed by atoms with Crippen molar-refractivity contribution >= 4 is 39.1 Å². The predicted molar refractivity (Wildman–Crippen MR) is 114 cm³/mol. The largest absolute Gasteiger partial charge is 0.496 e. The molecule has 0 spiro atoms. The zero-order chi connectivity index (χ0) is 19.5. The fourth-order valence-electron chi connectivity index (χ4n) is 3.61. The molecule has 0 amide bonds. The molecule has 4 rings (SSSR count). The first-order valence-corrected chi connectivity index (χ1v) is 9.56. The summed E-state index contributed by atoms with van der Waals surface area (Å²) in [5, 5.41) is 4.38. The van der Waals surface area contributed by atoms with E-state index in [9.17, 15) is 4.79 Å². The summed E-state index contributed by atoms with van der Waals surface area (Å²) in [5.74, 6) is 0.674. The van der Waals surface area contributed by atoms with Gasteiger partial charge in [0.1, 0.15) is 17.4 Å². The smallest absolute Gasteiger partial charge is 0.326 e. The highest BCUT2D eigenvalue weighted by Gasteiger charge is 2.16. The molecular formula is C24H19ClO3. The number of ether oxygens (including phenoxy) is 2. The van der Waals surface area contributed by atoms with Gasteiger partial charge in [-0.05, 0) is 33.7 Å². The number of methoxy groups -OCH3 is 1. The zero-order valence-corrected chi connectivity index (χ0v) is 16.2. The predicted octanol–water partition coefficient (Wildman–Crippen LogP) is 5.74. The molecule has 0 bridgehead atoms. The Morgan fingerprint density at radius 1 is 0.786 bits per heavy atom. The van der Waals surface area contributed by atoms with Crippen LogP contribution in [0.15, 0.2) is 72.8 Å². The normalized spacial score (nSPS) is 10.9. The molecular weight excluding hydrogens is 372 g/mol. The van der Waals surface area contributed by atoms with Crippen LogP contribution in [0.1, 0.15) is 11.1 Å². The molecule has 0 radical (unpaired) electrons. The molecule has 0 aromatic heterocycles. The van der Waals surface area contributed by atoms with Gasteiger partial charge in [0, 0.05) is 17.5 Å². The highest BCUT2D eigenvalue weighted by atomic mass is 35.5. The Labute approximate surface area is 168 Å². The first kappa shape index (κ1) is 18.3. The van der Waals surface area contributed by atoms with Gasteiger partial charge in [0.2, 0.25) is 0 Å². The Morgan fingerprint density at radius 3 is 1.89 bits per heavy atom. The lowest BCUT2D eigenvalue weighted by molar-refractivity contribution is -0.131. The van der Waals surface area contributed by atoms with Gasteiger partial charge in [-0.3, -0.25) is 4.79 Å². The fourth-order valence-corrected chi connectivity index (χ4v) is 3.66. The maximum atomic E-state index is 11.9. The number of alkyl halides is 1. The Bertz CT molecular complexity index is 1170. The van der Waals surface area contributed by atoms with Gasteiger partial charge in [-0.15, -0.1) is 11.6 Å². The molecule has 0 heterocycles. The van der Waals surface area contributed by atoms with Gasteiger partial charge >= 0.3 is 5.97 Å². The van der Waals surface area contributed by atoms with E-state index >= 15 is 0 Å². The van der Waals surface area contributed by atoms with Crippen molar-refractivity contribution in [3.8, 4) is 11.5 Å². The number of rotatable bonds is 5. The Kier molecular flexibility index (Phi) is 5.18. The molecule has 0 fully saturated rings. The molecule has 0 saturated heterocycles. The van der Waals surface area contributed by atoms with Crippen LogP contribution >= 0.6 is 11.6 Å². The van der Waals surface area contributed by atoms with Crippen molar-refractivity contribution in [2.75, 3.05) is 13.0 Å². The topological polar surface area (TPSA) is 35.5 Å².